The molecule has 100 valence electrons. The van der Waals surface area contributed by atoms with Gasteiger partial charge in [0.25, 0.3) is 0 Å². The Morgan fingerprint density at radius 2 is 2.44 bits per heavy atom. The van der Waals surface area contributed by atoms with Crippen LogP contribution in [0.3, 0.4) is 0 Å². The largest absolute Gasteiger partial charge is 0.380 e. The minimum absolute atomic E-state index is 0.338. The number of pyridine rings is 1. The summed E-state index contributed by atoms with van der Waals surface area (Å²) in [6, 6.07) is 4.40. The average molecular weight is 249 g/mol. The topological polar surface area (TPSA) is 46.2 Å². The number of ether oxygens (including phenoxy) is 1. The lowest BCUT2D eigenvalue weighted by atomic mass is 10.1. The summed E-state index contributed by atoms with van der Waals surface area (Å²) in [5.74, 6) is 0.932. The van der Waals surface area contributed by atoms with E-state index in [0.29, 0.717) is 12.1 Å². The molecule has 1 fully saturated rings. The van der Waals surface area contributed by atoms with Crippen LogP contribution in [0.2, 0.25) is 0 Å². The molecule has 4 nitrogen and oxygen atoms in total. The summed E-state index contributed by atoms with van der Waals surface area (Å²) in [4.78, 5) is 4.30. The van der Waals surface area contributed by atoms with Crippen molar-refractivity contribution in [2.24, 2.45) is 0 Å². The van der Waals surface area contributed by atoms with Gasteiger partial charge in [-0.05, 0) is 32.3 Å². The molecule has 0 aromatic carbocycles. The van der Waals surface area contributed by atoms with E-state index in [1.54, 1.807) is 0 Å². The van der Waals surface area contributed by atoms with E-state index in [4.69, 9.17) is 4.74 Å². The second kappa shape index (κ2) is 6.59. The van der Waals surface area contributed by atoms with Crippen LogP contribution in [0.5, 0.6) is 0 Å². The Bertz CT molecular complexity index is 364. The maximum Gasteiger partial charge on any atom is 0.127 e. The van der Waals surface area contributed by atoms with Crippen molar-refractivity contribution < 1.29 is 4.74 Å². The Morgan fingerprint density at radius 3 is 3.17 bits per heavy atom. The van der Waals surface area contributed by atoms with Gasteiger partial charge < -0.3 is 15.4 Å². The van der Waals surface area contributed by atoms with Crippen molar-refractivity contribution in [2.45, 2.75) is 45.3 Å². The summed E-state index contributed by atoms with van der Waals surface area (Å²) < 4.78 is 5.69. The van der Waals surface area contributed by atoms with Crippen LogP contribution in [0, 0.1) is 0 Å². The zero-order valence-corrected chi connectivity index (χ0v) is 11.3. The first-order valence-electron chi connectivity index (χ1n) is 6.87. The van der Waals surface area contributed by atoms with Crippen LogP contribution >= 0.6 is 0 Å². The maximum atomic E-state index is 5.69. The van der Waals surface area contributed by atoms with Crippen molar-refractivity contribution in [2.75, 3.05) is 23.8 Å². The number of nitrogens with zero attached hydrogens (tertiary/aromatic N) is 1. The number of hydrogen-bond acceptors (Lipinski definition) is 4. The van der Waals surface area contributed by atoms with Gasteiger partial charge in [-0.3, -0.25) is 0 Å². The van der Waals surface area contributed by atoms with Crippen LogP contribution in [0.4, 0.5) is 11.5 Å². The van der Waals surface area contributed by atoms with Crippen molar-refractivity contribution in [3.8, 4) is 0 Å². The molecular weight excluding hydrogens is 226 g/mol. The third kappa shape index (κ3) is 3.60. The van der Waals surface area contributed by atoms with Crippen LogP contribution in [-0.4, -0.2) is 30.3 Å². The Balaban J connectivity index is 1.91. The molecule has 0 radical (unpaired) electrons. The SMILES string of the molecule is CCCNc1cc(NC(C)C2CCCO2)ccn1. The summed E-state index contributed by atoms with van der Waals surface area (Å²) in [6.45, 7) is 6.18. The van der Waals surface area contributed by atoms with Crippen molar-refractivity contribution >= 4 is 11.5 Å². The Labute approximate surface area is 109 Å². The van der Waals surface area contributed by atoms with Crippen molar-refractivity contribution in [3.05, 3.63) is 18.3 Å². The minimum atomic E-state index is 0.338. The van der Waals surface area contributed by atoms with Gasteiger partial charge in [0.1, 0.15) is 5.82 Å². The smallest absolute Gasteiger partial charge is 0.127 e. The number of rotatable bonds is 6. The van der Waals surface area contributed by atoms with E-state index >= 15 is 0 Å². The molecule has 2 N–H and O–H groups in total. The summed E-state index contributed by atoms with van der Waals surface area (Å²) in [5.41, 5.74) is 1.10. The quantitative estimate of drug-likeness (QED) is 0.814. The van der Waals surface area contributed by atoms with Gasteiger partial charge in [0.05, 0.1) is 6.10 Å². The molecule has 0 saturated carbocycles. The van der Waals surface area contributed by atoms with Gasteiger partial charge in [-0.15, -0.1) is 0 Å². The highest BCUT2D eigenvalue weighted by molar-refractivity contribution is 5.52. The summed E-state index contributed by atoms with van der Waals surface area (Å²) in [6.07, 6.45) is 5.61. The predicted octanol–water partition coefficient (Wildman–Crippen LogP) is 2.88. The molecule has 1 aliphatic heterocycles. The zero-order valence-electron chi connectivity index (χ0n) is 11.3. The fourth-order valence-corrected chi connectivity index (χ4v) is 2.22. The molecular formula is C14H23N3O. The molecule has 2 atom stereocenters. The predicted molar refractivity (Wildman–Crippen MR) is 75.1 cm³/mol. The highest BCUT2D eigenvalue weighted by Gasteiger charge is 2.22. The standard InChI is InChI=1S/C14H23N3O/c1-3-7-15-14-10-12(6-8-16-14)17-11(2)13-5-4-9-18-13/h6,8,10-11,13H,3-5,7,9H2,1-2H3,(H2,15,16,17). The molecule has 18 heavy (non-hydrogen) atoms. The molecule has 0 aliphatic carbocycles. The molecule has 2 rings (SSSR count). The average Bonchev–Trinajstić information content (AvgIpc) is 2.91. The van der Waals surface area contributed by atoms with Crippen molar-refractivity contribution in [1.82, 2.24) is 4.98 Å². The van der Waals surface area contributed by atoms with Crippen LogP contribution in [0.25, 0.3) is 0 Å². The Hall–Kier alpha value is -1.29. The van der Waals surface area contributed by atoms with Gasteiger partial charge in [0.15, 0.2) is 0 Å². The van der Waals surface area contributed by atoms with E-state index in [1.807, 2.05) is 12.3 Å². The fraction of sp³-hybridized carbons (Fsp3) is 0.643. The molecule has 1 saturated heterocycles. The molecule has 1 aromatic heterocycles. The molecule has 4 heteroatoms. The first kappa shape index (κ1) is 13.1. The summed E-state index contributed by atoms with van der Waals surface area (Å²) in [5, 5.41) is 6.79. The van der Waals surface area contributed by atoms with Crippen LogP contribution in [-0.2, 0) is 4.74 Å². The van der Waals surface area contributed by atoms with E-state index in [9.17, 15) is 0 Å². The third-order valence-corrected chi connectivity index (χ3v) is 3.23. The molecule has 2 heterocycles. The monoisotopic (exact) mass is 249 g/mol. The van der Waals surface area contributed by atoms with Gasteiger partial charge in [0.2, 0.25) is 0 Å². The highest BCUT2D eigenvalue weighted by atomic mass is 16.5. The molecule has 0 bridgehead atoms. The summed E-state index contributed by atoms with van der Waals surface area (Å²) >= 11 is 0. The Morgan fingerprint density at radius 1 is 1.56 bits per heavy atom. The van der Waals surface area contributed by atoms with Crippen molar-refractivity contribution in [1.29, 1.82) is 0 Å². The van der Waals surface area contributed by atoms with Gasteiger partial charge in [-0.2, -0.15) is 0 Å². The van der Waals surface area contributed by atoms with E-state index in [-0.39, 0.29) is 0 Å². The lowest BCUT2D eigenvalue weighted by Crippen LogP contribution is -2.30. The molecule has 0 amide bonds. The number of aromatic nitrogens is 1. The van der Waals surface area contributed by atoms with Gasteiger partial charge in [0, 0.05) is 37.1 Å². The zero-order chi connectivity index (χ0) is 12.8. The van der Waals surface area contributed by atoms with E-state index in [1.165, 1.54) is 6.42 Å². The second-order valence-electron chi connectivity index (χ2n) is 4.84. The normalized spacial score (nSPS) is 20.7. The van der Waals surface area contributed by atoms with Crippen LogP contribution < -0.4 is 10.6 Å². The fourth-order valence-electron chi connectivity index (χ4n) is 2.22. The molecule has 1 aliphatic rings. The maximum absolute atomic E-state index is 5.69. The highest BCUT2D eigenvalue weighted by Crippen LogP contribution is 2.20. The van der Waals surface area contributed by atoms with Crippen LogP contribution in [0.15, 0.2) is 18.3 Å². The van der Waals surface area contributed by atoms with Crippen molar-refractivity contribution in [3.63, 3.8) is 0 Å². The van der Waals surface area contributed by atoms with Gasteiger partial charge in [-0.25, -0.2) is 4.98 Å². The van der Waals surface area contributed by atoms with E-state index in [2.05, 4.69) is 35.5 Å². The first-order valence-corrected chi connectivity index (χ1v) is 6.87. The van der Waals surface area contributed by atoms with Gasteiger partial charge in [-0.1, -0.05) is 6.92 Å². The Kier molecular flexibility index (Phi) is 4.81. The minimum Gasteiger partial charge on any atom is -0.380 e. The molecule has 2 unspecified atom stereocenters. The third-order valence-electron chi connectivity index (χ3n) is 3.23. The van der Waals surface area contributed by atoms with Gasteiger partial charge >= 0.3 is 0 Å². The van der Waals surface area contributed by atoms with E-state index < -0.39 is 0 Å². The molecule has 1 aromatic rings. The summed E-state index contributed by atoms with van der Waals surface area (Å²) in [7, 11) is 0. The molecule has 0 spiro atoms. The number of anilines is 2. The van der Waals surface area contributed by atoms with E-state index in [0.717, 1.165) is 37.5 Å². The first-order chi connectivity index (χ1) is 8.79. The second-order valence-corrected chi connectivity index (χ2v) is 4.84. The lowest BCUT2D eigenvalue weighted by molar-refractivity contribution is 0.0996. The lowest BCUT2D eigenvalue weighted by Gasteiger charge is -2.21. The number of nitrogens with one attached hydrogen (secondary N) is 2. The van der Waals surface area contributed by atoms with Crippen LogP contribution in [0.1, 0.15) is 33.1 Å². The number of hydrogen-bond donors (Lipinski definition) is 2.